The number of hydrogen-bond donors (Lipinski definition) is 2. The van der Waals surface area contributed by atoms with E-state index in [2.05, 4.69) is 65.9 Å². The number of hydrogen-bond acceptors (Lipinski definition) is 3. The molecule has 0 spiro atoms. The number of nitrogens with one attached hydrogen (secondary N) is 2. The van der Waals surface area contributed by atoms with E-state index in [1.807, 2.05) is 7.05 Å². The summed E-state index contributed by atoms with van der Waals surface area (Å²) in [6.07, 6.45) is 0. The molecule has 0 atom stereocenters. The fraction of sp³-hybridized carbons (Fsp3) is 0.667. The molecule has 6 heteroatoms. The van der Waals surface area contributed by atoms with E-state index in [0.717, 1.165) is 32.1 Å². The Morgan fingerprint density at radius 1 is 1.38 bits per heavy atom. The van der Waals surface area contributed by atoms with E-state index in [0.29, 0.717) is 0 Å². The highest BCUT2D eigenvalue weighted by Gasteiger charge is 2.21. The number of likely N-dealkylation sites (N-methyl/N-ethyl adjacent to an activating group) is 1. The van der Waals surface area contributed by atoms with Crippen molar-refractivity contribution in [2.24, 2.45) is 4.99 Å². The van der Waals surface area contributed by atoms with Crippen molar-refractivity contribution in [2.45, 2.75) is 26.2 Å². The summed E-state index contributed by atoms with van der Waals surface area (Å²) in [5.74, 6) is 0.874. The second-order valence-corrected chi connectivity index (χ2v) is 6.56. The van der Waals surface area contributed by atoms with Crippen LogP contribution in [-0.4, -0.2) is 51.1 Å². The van der Waals surface area contributed by atoms with E-state index in [1.165, 1.54) is 4.88 Å². The molecular formula is C15H29IN4S. The Kier molecular flexibility index (Phi) is 10.2. The van der Waals surface area contributed by atoms with E-state index in [4.69, 9.17) is 0 Å². The molecule has 0 unspecified atom stereocenters. The molecule has 0 saturated heterocycles. The van der Waals surface area contributed by atoms with E-state index in [-0.39, 0.29) is 29.4 Å². The molecule has 0 aromatic carbocycles. The third-order valence-corrected chi connectivity index (χ3v) is 4.67. The molecule has 21 heavy (non-hydrogen) atoms. The number of aliphatic imine (C=N–C) groups is 1. The Morgan fingerprint density at radius 2 is 2.10 bits per heavy atom. The predicted molar refractivity (Wildman–Crippen MR) is 105 cm³/mol. The van der Waals surface area contributed by atoms with Crippen LogP contribution in [0.3, 0.4) is 0 Å². The molecule has 1 rings (SSSR count). The molecule has 0 amide bonds. The third kappa shape index (κ3) is 7.46. The van der Waals surface area contributed by atoms with Crippen LogP contribution >= 0.6 is 35.3 Å². The summed E-state index contributed by atoms with van der Waals surface area (Å²) in [6.45, 7) is 10.5. The smallest absolute Gasteiger partial charge is 0.191 e. The van der Waals surface area contributed by atoms with Crippen LogP contribution in [0.2, 0.25) is 0 Å². The lowest BCUT2D eigenvalue weighted by Crippen LogP contribution is -2.45. The fourth-order valence-electron chi connectivity index (χ4n) is 1.80. The van der Waals surface area contributed by atoms with Crippen LogP contribution in [0.5, 0.6) is 0 Å². The molecule has 4 nitrogen and oxygen atoms in total. The lowest BCUT2D eigenvalue weighted by atomic mass is 9.91. The number of halogens is 1. The van der Waals surface area contributed by atoms with Gasteiger partial charge in [0.2, 0.25) is 0 Å². The minimum Gasteiger partial charge on any atom is -0.356 e. The number of nitrogens with zero attached hydrogens (tertiary/aromatic N) is 2. The lowest BCUT2D eigenvalue weighted by molar-refractivity contribution is 0.357. The van der Waals surface area contributed by atoms with Crippen LogP contribution < -0.4 is 10.6 Å². The summed E-state index contributed by atoms with van der Waals surface area (Å²) in [7, 11) is 3.94. The molecule has 1 heterocycles. The zero-order valence-corrected chi connectivity index (χ0v) is 16.9. The maximum atomic E-state index is 4.27. The number of rotatable bonds is 7. The van der Waals surface area contributed by atoms with Crippen molar-refractivity contribution in [3.8, 4) is 0 Å². The first kappa shape index (κ1) is 20.7. The van der Waals surface area contributed by atoms with Gasteiger partial charge in [0.25, 0.3) is 0 Å². The van der Waals surface area contributed by atoms with Crippen molar-refractivity contribution >= 4 is 41.3 Å². The number of thiophene rings is 1. The summed E-state index contributed by atoms with van der Waals surface area (Å²) < 4.78 is 0. The maximum absolute atomic E-state index is 4.27. The van der Waals surface area contributed by atoms with Crippen LogP contribution in [0.25, 0.3) is 0 Å². The molecule has 0 radical (unpaired) electrons. The van der Waals surface area contributed by atoms with Gasteiger partial charge in [-0.15, -0.1) is 35.3 Å². The van der Waals surface area contributed by atoms with Gasteiger partial charge in [0.15, 0.2) is 5.96 Å². The zero-order chi connectivity index (χ0) is 15.0. The van der Waals surface area contributed by atoms with Crippen molar-refractivity contribution < 1.29 is 0 Å². The van der Waals surface area contributed by atoms with Gasteiger partial charge in [0, 0.05) is 37.0 Å². The Balaban J connectivity index is 0.00000400. The molecule has 1 aromatic heterocycles. The Bertz CT molecular complexity index is 404. The molecule has 0 bridgehead atoms. The highest BCUT2D eigenvalue weighted by molar-refractivity contribution is 14.0. The molecule has 122 valence electrons. The maximum Gasteiger partial charge on any atom is 0.191 e. The molecular weight excluding hydrogens is 395 g/mol. The van der Waals surface area contributed by atoms with Crippen LogP contribution in [0, 0.1) is 0 Å². The van der Waals surface area contributed by atoms with Gasteiger partial charge < -0.3 is 15.5 Å². The first-order valence-electron chi connectivity index (χ1n) is 7.16. The summed E-state index contributed by atoms with van der Waals surface area (Å²) in [6, 6.07) is 4.30. The first-order chi connectivity index (χ1) is 9.49. The molecule has 0 aliphatic heterocycles. The van der Waals surface area contributed by atoms with Gasteiger partial charge in [-0.05, 0) is 25.0 Å². The SMILES string of the molecule is CCN(C)CCNC(=NC)NCC(C)(C)c1cccs1.I. The van der Waals surface area contributed by atoms with E-state index >= 15 is 0 Å². The van der Waals surface area contributed by atoms with Crippen LogP contribution in [0.1, 0.15) is 25.6 Å². The summed E-state index contributed by atoms with van der Waals surface area (Å²) in [5.41, 5.74) is 0.117. The van der Waals surface area contributed by atoms with Gasteiger partial charge in [-0.1, -0.05) is 26.8 Å². The van der Waals surface area contributed by atoms with Gasteiger partial charge in [-0.3, -0.25) is 4.99 Å². The Labute approximate surface area is 150 Å². The monoisotopic (exact) mass is 424 g/mol. The molecule has 0 aliphatic carbocycles. The minimum absolute atomic E-state index is 0. The van der Waals surface area contributed by atoms with E-state index in [9.17, 15) is 0 Å². The molecule has 0 aliphatic rings. The highest BCUT2D eigenvalue weighted by atomic mass is 127. The minimum atomic E-state index is 0. The van der Waals surface area contributed by atoms with Gasteiger partial charge in [-0.2, -0.15) is 0 Å². The number of guanidine groups is 1. The van der Waals surface area contributed by atoms with Crippen molar-refractivity contribution in [3.05, 3.63) is 22.4 Å². The van der Waals surface area contributed by atoms with Crippen molar-refractivity contribution in [2.75, 3.05) is 40.3 Å². The lowest BCUT2D eigenvalue weighted by Gasteiger charge is -2.25. The van der Waals surface area contributed by atoms with Crippen LogP contribution in [-0.2, 0) is 5.41 Å². The third-order valence-electron chi connectivity index (χ3n) is 3.44. The summed E-state index contributed by atoms with van der Waals surface area (Å²) in [4.78, 5) is 7.94. The second kappa shape index (κ2) is 10.4. The highest BCUT2D eigenvalue weighted by Crippen LogP contribution is 2.26. The molecule has 0 fully saturated rings. The first-order valence-corrected chi connectivity index (χ1v) is 8.04. The quantitative estimate of drug-likeness (QED) is 0.402. The van der Waals surface area contributed by atoms with E-state index in [1.54, 1.807) is 11.3 Å². The standard InChI is InChI=1S/C15H28N4S.HI/c1-6-19(5)10-9-17-14(16-4)18-12-15(2,3)13-8-7-11-20-13;/h7-8,11H,6,9-10,12H2,1-5H3,(H2,16,17,18);1H. The Hall–Kier alpha value is -0.340. The van der Waals surface area contributed by atoms with Crippen LogP contribution in [0.15, 0.2) is 22.5 Å². The van der Waals surface area contributed by atoms with Gasteiger partial charge in [0.1, 0.15) is 0 Å². The molecule has 0 saturated carbocycles. The van der Waals surface area contributed by atoms with Crippen molar-refractivity contribution in [1.82, 2.24) is 15.5 Å². The zero-order valence-electron chi connectivity index (χ0n) is 13.8. The topological polar surface area (TPSA) is 39.7 Å². The largest absolute Gasteiger partial charge is 0.356 e. The van der Waals surface area contributed by atoms with E-state index < -0.39 is 0 Å². The summed E-state index contributed by atoms with van der Waals surface area (Å²) >= 11 is 1.81. The van der Waals surface area contributed by atoms with Crippen molar-refractivity contribution in [1.29, 1.82) is 0 Å². The van der Waals surface area contributed by atoms with Gasteiger partial charge >= 0.3 is 0 Å². The fourth-order valence-corrected chi connectivity index (χ4v) is 2.65. The average Bonchev–Trinajstić information content (AvgIpc) is 2.97. The van der Waals surface area contributed by atoms with Gasteiger partial charge in [0.05, 0.1) is 0 Å². The normalized spacial score (nSPS) is 12.2. The van der Waals surface area contributed by atoms with Gasteiger partial charge in [-0.25, -0.2) is 0 Å². The molecule has 2 N–H and O–H groups in total. The molecule has 1 aromatic rings. The second-order valence-electron chi connectivity index (χ2n) is 5.61. The van der Waals surface area contributed by atoms with Crippen molar-refractivity contribution in [3.63, 3.8) is 0 Å². The predicted octanol–water partition coefficient (Wildman–Crippen LogP) is 2.76. The summed E-state index contributed by atoms with van der Waals surface area (Å²) in [5, 5.41) is 8.90. The average molecular weight is 424 g/mol. The Morgan fingerprint density at radius 3 is 2.62 bits per heavy atom. The van der Waals surface area contributed by atoms with Crippen LogP contribution in [0.4, 0.5) is 0 Å².